The van der Waals surface area contributed by atoms with Crippen LogP contribution in [0.25, 0.3) is 0 Å². The molecular formula is C10H13Cl3FN. The second-order valence-electron chi connectivity index (χ2n) is 3.15. The highest BCUT2D eigenvalue weighted by molar-refractivity contribution is 6.42. The standard InChI is InChI=1S/C10H12Cl2FN.ClH/c1-2-3-8(14)9-7(13)5-4-6(11)10(9)12;/h4-5,8H,2-3,14H2,1H3;1H/t8-;/m1./s1. The summed E-state index contributed by atoms with van der Waals surface area (Å²) in [6, 6.07) is 2.34. The molecule has 0 unspecified atom stereocenters. The van der Waals surface area contributed by atoms with Crippen LogP contribution in [0.15, 0.2) is 12.1 Å². The largest absolute Gasteiger partial charge is 0.324 e. The minimum atomic E-state index is -0.389. The fourth-order valence-electron chi connectivity index (χ4n) is 1.34. The van der Waals surface area contributed by atoms with E-state index in [1.165, 1.54) is 12.1 Å². The molecule has 15 heavy (non-hydrogen) atoms. The molecule has 0 heterocycles. The number of rotatable bonds is 3. The minimum absolute atomic E-state index is 0. The molecule has 0 saturated carbocycles. The van der Waals surface area contributed by atoms with E-state index in [1.807, 2.05) is 6.92 Å². The maximum atomic E-state index is 13.4. The summed E-state index contributed by atoms with van der Waals surface area (Å²) >= 11 is 11.7. The van der Waals surface area contributed by atoms with Gasteiger partial charge < -0.3 is 5.73 Å². The van der Waals surface area contributed by atoms with Gasteiger partial charge in [-0.3, -0.25) is 0 Å². The van der Waals surface area contributed by atoms with Gasteiger partial charge in [0.05, 0.1) is 10.0 Å². The first-order valence-corrected chi connectivity index (χ1v) is 5.22. The molecule has 0 aliphatic heterocycles. The minimum Gasteiger partial charge on any atom is -0.324 e. The summed E-state index contributed by atoms with van der Waals surface area (Å²) in [5.74, 6) is -0.389. The Labute approximate surface area is 105 Å². The summed E-state index contributed by atoms with van der Waals surface area (Å²) in [4.78, 5) is 0. The molecule has 0 spiro atoms. The first kappa shape index (κ1) is 15.0. The van der Waals surface area contributed by atoms with Crippen LogP contribution in [-0.4, -0.2) is 0 Å². The molecule has 0 saturated heterocycles. The van der Waals surface area contributed by atoms with Gasteiger partial charge in [-0.2, -0.15) is 0 Å². The van der Waals surface area contributed by atoms with Crippen molar-refractivity contribution >= 4 is 35.6 Å². The third kappa shape index (κ3) is 3.49. The maximum Gasteiger partial charge on any atom is 0.129 e. The lowest BCUT2D eigenvalue weighted by molar-refractivity contribution is 0.560. The van der Waals surface area contributed by atoms with Crippen LogP contribution in [0.5, 0.6) is 0 Å². The van der Waals surface area contributed by atoms with Crippen molar-refractivity contribution in [3.63, 3.8) is 0 Å². The fourth-order valence-corrected chi connectivity index (χ4v) is 1.80. The van der Waals surface area contributed by atoms with Gasteiger partial charge in [0, 0.05) is 11.6 Å². The second-order valence-corrected chi connectivity index (χ2v) is 3.94. The molecule has 1 rings (SSSR count). The lowest BCUT2D eigenvalue weighted by Gasteiger charge is -2.14. The van der Waals surface area contributed by atoms with Gasteiger partial charge in [-0.15, -0.1) is 12.4 Å². The zero-order valence-electron chi connectivity index (χ0n) is 8.27. The van der Waals surface area contributed by atoms with Gasteiger partial charge in [-0.05, 0) is 18.6 Å². The summed E-state index contributed by atoms with van der Waals surface area (Å²) in [6.07, 6.45) is 1.57. The molecule has 0 radical (unpaired) electrons. The molecule has 0 amide bonds. The summed E-state index contributed by atoms with van der Waals surface area (Å²) in [5.41, 5.74) is 6.11. The highest BCUT2D eigenvalue weighted by Gasteiger charge is 2.16. The summed E-state index contributed by atoms with van der Waals surface area (Å²) in [6.45, 7) is 1.98. The van der Waals surface area contributed by atoms with Crippen molar-refractivity contribution < 1.29 is 4.39 Å². The number of hydrogen-bond acceptors (Lipinski definition) is 1. The summed E-state index contributed by atoms with van der Waals surface area (Å²) in [7, 11) is 0. The van der Waals surface area contributed by atoms with Crippen LogP contribution in [0.3, 0.4) is 0 Å². The molecule has 1 nitrogen and oxygen atoms in total. The second kappa shape index (κ2) is 6.54. The van der Waals surface area contributed by atoms with E-state index >= 15 is 0 Å². The van der Waals surface area contributed by atoms with Crippen molar-refractivity contribution in [3.05, 3.63) is 33.6 Å². The van der Waals surface area contributed by atoms with Crippen LogP contribution in [0.2, 0.25) is 10.0 Å². The Bertz CT molecular complexity index is 331. The number of hydrogen-bond donors (Lipinski definition) is 1. The van der Waals surface area contributed by atoms with E-state index in [-0.39, 0.29) is 29.3 Å². The van der Waals surface area contributed by atoms with Gasteiger partial charge in [-0.25, -0.2) is 4.39 Å². The first-order chi connectivity index (χ1) is 6.57. The van der Waals surface area contributed by atoms with Gasteiger partial charge >= 0.3 is 0 Å². The molecule has 1 aromatic carbocycles. The van der Waals surface area contributed by atoms with E-state index in [1.54, 1.807) is 0 Å². The molecular weight excluding hydrogens is 259 g/mol. The third-order valence-corrected chi connectivity index (χ3v) is 2.87. The predicted molar refractivity (Wildman–Crippen MR) is 65.5 cm³/mol. The maximum absolute atomic E-state index is 13.4. The van der Waals surface area contributed by atoms with Crippen molar-refractivity contribution in [1.29, 1.82) is 0 Å². The SMILES string of the molecule is CCC[C@@H](N)c1c(F)ccc(Cl)c1Cl.Cl. The number of nitrogens with two attached hydrogens (primary N) is 1. The molecule has 2 N–H and O–H groups in total. The van der Waals surface area contributed by atoms with Crippen molar-refractivity contribution in [1.82, 2.24) is 0 Å². The highest BCUT2D eigenvalue weighted by Crippen LogP contribution is 2.32. The quantitative estimate of drug-likeness (QED) is 0.813. The molecule has 1 aromatic rings. The topological polar surface area (TPSA) is 26.0 Å². The van der Waals surface area contributed by atoms with Crippen molar-refractivity contribution in [2.45, 2.75) is 25.8 Å². The highest BCUT2D eigenvalue weighted by atomic mass is 35.5. The lowest BCUT2D eigenvalue weighted by Crippen LogP contribution is -2.12. The number of benzene rings is 1. The van der Waals surface area contributed by atoms with E-state index < -0.39 is 0 Å². The molecule has 0 aliphatic carbocycles. The Morgan fingerprint density at radius 1 is 1.40 bits per heavy atom. The van der Waals surface area contributed by atoms with E-state index in [0.717, 1.165) is 6.42 Å². The van der Waals surface area contributed by atoms with Crippen molar-refractivity contribution in [2.24, 2.45) is 5.73 Å². The van der Waals surface area contributed by atoms with Gasteiger partial charge in [-0.1, -0.05) is 36.5 Å². The molecule has 5 heteroatoms. The molecule has 0 aromatic heterocycles. The average Bonchev–Trinajstić information content (AvgIpc) is 2.13. The average molecular weight is 273 g/mol. The lowest BCUT2D eigenvalue weighted by atomic mass is 10.0. The molecule has 1 atom stereocenters. The smallest absolute Gasteiger partial charge is 0.129 e. The van der Waals surface area contributed by atoms with Gasteiger partial charge in [0.1, 0.15) is 5.82 Å². The predicted octanol–water partition coefficient (Wildman–Crippen LogP) is 4.35. The van der Waals surface area contributed by atoms with E-state index in [9.17, 15) is 4.39 Å². The molecule has 0 bridgehead atoms. The van der Waals surface area contributed by atoms with Crippen LogP contribution < -0.4 is 5.73 Å². The molecule has 86 valence electrons. The Morgan fingerprint density at radius 2 is 2.00 bits per heavy atom. The Hall–Kier alpha value is -0.0200. The van der Waals surface area contributed by atoms with Crippen molar-refractivity contribution in [2.75, 3.05) is 0 Å². The summed E-state index contributed by atoms with van der Waals surface area (Å²) in [5, 5.41) is 0.572. The van der Waals surface area contributed by atoms with Gasteiger partial charge in [0.2, 0.25) is 0 Å². The Morgan fingerprint density at radius 3 is 2.53 bits per heavy atom. The number of halogens is 4. The van der Waals surface area contributed by atoms with Gasteiger partial charge in [0.15, 0.2) is 0 Å². The van der Waals surface area contributed by atoms with Crippen molar-refractivity contribution in [3.8, 4) is 0 Å². The monoisotopic (exact) mass is 271 g/mol. The third-order valence-electron chi connectivity index (χ3n) is 2.05. The van der Waals surface area contributed by atoms with Crippen LogP contribution in [0.1, 0.15) is 31.4 Å². The van der Waals surface area contributed by atoms with E-state index in [2.05, 4.69) is 0 Å². The Kier molecular flexibility index (Phi) is 6.53. The fraction of sp³-hybridized carbons (Fsp3) is 0.400. The zero-order chi connectivity index (χ0) is 10.7. The van der Waals surface area contributed by atoms with E-state index in [0.29, 0.717) is 17.0 Å². The molecule has 0 fully saturated rings. The van der Waals surface area contributed by atoms with Crippen LogP contribution in [-0.2, 0) is 0 Å². The van der Waals surface area contributed by atoms with Gasteiger partial charge in [0.25, 0.3) is 0 Å². The summed E-state index contributed by atoms with van der Waals surface area (Å²) < 4.78 is 13.4. The zero-order valence-corrected chi connectivity index (χ0v) is 10.6. The Balaban J connectivity index is 0.00000196. The normalized spacial score (nSPS) is 12.1. The van der Waals surface area contributed by atoms with Crippen LogP contribution in [0, 0.1) is 5.82 Å². The van der Waals surface area contributed by atoms with Crippen LogP contribution in [0.4, 0.5) is 4.39 Å². The van der Waals surface area contributed by atoms with Crippen LogP contribution >= 0.6 is 35.6 Å². The molecule has 0 aliphatic rings. The van der Waals surface area contributed by atoms with E-state index in [4.69, 9.17) is 28.9 Å². The first-order valence-electron chi connectivity index (χ1n) is 4.46.